The maximum Gasteiger partial charge on any atom is 0.195 e. The van der Waals surface area contributed by atoms with Crippen molar-refractivity contribution in [1.82, 2.24) is 24.1 Å². The van der Waals surface area contributed by atoms with Gasteiger partial charge in [0.25, 0.3) is 0 Å². The molecule has 0 aliphatic rings. The summed E-state index contributed by atoms with van der Waals surface area (Å²) >= 11 is 0. The van der Waals surface area contributed by atoms with Gasteiger partial charge in [0.05, 0.1) is 52.5 Å². The topological polar surface area (TPSA) is 81.0 Å². The van der Waals surface area contributed by atoms with Gasteiger partial charge in [-0.05, 0) is 118 Å². The zero-order valence-corrected chi connectivity index (χ0v) is 39.5. The van der Waals surface area contributed by atoms with Gasteiger partial charge in [-0.15, -0.1) is 0 Å². The van der Waals surface area contributed by atoms with Crippen LogP contribution in [0.3, 0.4) is 0 Å². The van der Waals surface area contributed by atoms with Crippen LogP contribution in [0.25, 0.3) is 132 Å². The molecular formula is C66H38N8. The molecule has 0 spiro atoms. The molecule has 0 unspecified atom stereocenters. The number of aromatic nitrogens is 5. The second-order valence-electron chi connectivity index (χ2n) is 18.1. The summed E-state index contributed by atoms with van der Waals surface area (Å²) in [5.41, 5.74) is 15.5. The summed E-state index contributed by atoms with van der Waals surface area (Å²) in [6.07, 6.45) is 0. The molecule has 0 fully saturated rings. The number of para-hydroxylation sites is 2. The maximum absolute atomic E-state index is 9.71. The van der Waals surface area contributed by atoms with Gasteiger partial charge in [-0.3, -0.25) is 0 Å². The second-order valence-corrected chi connectivity index (χ2v) is 18.1. The molecule has 0 radical (unpaired) electrons. The van der Waals surface area contributed by atoms with E-state index in [0.29, 0.717) is 34.4 Å². The fraction of sp³-hybridized carbons (Fsp3) is 0. The van der Waals surface area contributed by atoms with E-state index in [4.69, 9.17) is 28.1 Å². The van der Waals surface area contributed by atoms with Crippen LogP contribution >= 0.6 is 0 Å². The molecule has 0 aliphatic heterocycles. The normalized spacial score (nSPS) is 11.2. The molecule has 0 amide bonds. The third kappa shape index (κ3) is 7.42. The highest BCUT2D eigenvalue weighted by Crippen LogP contribution is 2.44. The van der Waals surface area contributed by atoms with Crippen molar-refractivity contribution in [1.29, 1.82) is 5.26 Å². The number of hydrogen-bond donors (Lipinski definition) is 0. The standard InChI is InChI=1S/C66H38N8/c1-68-50-22-14-21-46(36-50)48-28-33-62-56(38-48)53-24-10-12-26-60(53)74(62)63-34-29-49(66-71-64(43-16-5-3-6-17-43)70-65(72-66)44-18-7-4-8-19-44)39-57(63)54-40-51(30-31-58(54)69-2)73-59-25-11-9-23-52(59)55-37-47(27-32-61(55)73)45-20-13-15-42(35-45)41-67/h3-40H. The number of hydrogen-bond acceptors (Lipinski definition) is 4. The summed E-state index contributed by atoms with van der Waals surface area (Å²) in [5.74, 6) is 1.60. The Bertz CT molecular complexity index is 4470. The van der Waals surface area contributed by atoms with Crippen molar-refractivity contribution in [3.63, 3.8) is 0 Å². The average molecular weight is 943 g/mol. The van der Waals surface area contributed by atoms with Gasteiger partial charge in [0, 0.05) is 43.9 Å². The van der Waals surface area contributed by atoms with Gasteiger partial charge in [-0.1, -0.05) is 146 Å². The predicted octanol–water partition coefficient (Wildman–Crippen LogP) is 17.0. The highest BCUT2D eigenvalue weighted by molar-refractivity contribution is 6.12. The summed E-state index contributed by atoms with van der Waals surface area (Å²) in [7, 11) is 0. The third-order valence-electron chi connectivity index (χ3n) is 13.8. The molecule has 342 valence electrons. The molecule has 0 saturated carbocycles. The Morgan fingerprint density at radius 3 is 1.50 bits per heavy atom. The van der Waals surface area contributed by atoms with Crippen LogP contribution in [0.15, 0.2) is 231 Å². The first-order valence-electron chi connectivity index (χ1n) is 24.1. The van der Waals surface area contributed by atoms with Crippen LogP contribution in [0.2, 0.25) is 0 Å². The van der Waals surface area contributed by atoms with Crippen molar-refractivity contribution >= 4 is 55.0 Å². The SMILES string of the molecule is [C-]#[N+]c1cccc(-c2ccc3c(c2)c2ccccc2n3-c2ccc(-c3nc(-c4ccccc4)nc(-c4ccccc4)n3)cc2-c2cc(-n3c4ccccc4c4cc(-c5cccc(C#N)c5)ccc43)ccc2[N+]#[C-])c1. The zero-order chi connectivity index (χ0) is 49.7. The monoisotopic (exact) mass is 942 g/mol. The smallest absolute Gasteiger partial charge is 0.195 e. The number of fused-ring (bicyclic) bond motifs is 6. The molecule has 3 aromatic heterocycles. The van der Waals surface area contributed by atoms with Gasteiger partial charge >= 0.3 is 0 Å². The van der Waals surface area contributed by atoms with E-state index in [2.05, 4.69) is 134 Å². The van der Waals surface area contributed by atoms with Crippen molar-refractivity contribution in [2.24, 2.45) is 0 Å². The molecule has 0 bridgehead atoms. The number of nitriles is 1. The molecule has 0 N–H and O–H groups in total. The first-order valence-corrected chi connectivity index (χ1v) is 24.1. The minimum absolute atomic E-state index is 0.487. The lowest BCUT2D eigenvalue weighted by Gasteiger charge is -2.18. The molecule has 13 aromatic rings. The molecule has 0 saturated heterocycles. The minimum atomic E-state index is 0.487. The van der Waals surface area contributed by atoms with Crippen LogP contribution in [-0.4, -0.2) is 24.1 Å². The molecule has 8 heteroatoms. The second kappa shape index (κ2) is 17.9. The number of benzene rings is 10. The van der Waals surface area contributed by atoms with Crippen molar-refractivity contribution in [3.8, 4) is 85.0 Å². The largest absolute Gasteiger partial charge is 0.309 e. The number of nitrogens with zero attached hydrogens (tertiary/aromatic N) is 8. The summed E-state index contributed by atoms with van der Waals surface area (Å²) in [5, 5.41) is 14.0. The van der Waals surface area contributed by atoms with Crippen molar-refractivity contribution < 1.29 is 0 Å². The lowest BCUT2D eigenvalue weighted by molar-refractivity contribution is 1.07. The molecule has 3 heterocycles. The maximum atomic E-state index is 9.71. The Kier molecular flexibility index (Phi) is 10.5. The highest BCUT2D eigenvalue weighted by atomic mass is 15.0. The van der Waals surface area contributed by atoms with Crippen molar-refractivity contribution in [3.05, 3.63) is 259 Å². The molecule has 13 rings (SSSR count). The van der Waals surface area contributed by atoms with Gasteiger partial charge < -0.3 is 9.13 Å². The Morgan fingerprint density at radius 1 is 0.365 bits per heavy atom. The average Bonchev–Trinajstić information content (AvgIpc) is 4.03. The summed E-state index contributed by atoms with van der Waals surface area (Å²) < 4.78 is 4.57. The van der Waals surface area contributed by atoms with Crippen LogP contribution < -0.4 is 0 Å². The van der Waals surface area contributed by atoms with E-state index in [1.807, 2.05) is 121 Å². The first-order chi connectivity index (χ1) is 36.5. The summed E-state index contributed by atoms with van der Waals surface area (Å²) in [6.45, 7) is 16.4. The van der Waals surface area contributed by atoms with E-state index in [1.165, 1.54) is 0 Å². The molecule has 0 aliphatic carbocycles. The van der Waals surface area contributed by atoms with E-state index in [0.717, 1.165) is 105 Å². The zero-order valence-electron chi connectivity index (χ0n) is 39.5. The Hall–Kier alpha value is -10.7. The van der Waals surface area contributed by atoms with Crippen LogP contribution in [0.5, 0.6) is 0 Å². The van der Waals surface area contributed by atoms with Crippen molar-refractivity contribution in [2.75, 3.05) is 0 Å². The fourth-order valence-corrected chi connectivity index (χ4v) is 10.4. The van der Waals surface area contributed by atoms with E-state index in [-0.39, 0.29) is 0 Å². The van der Waals surface area contributed by atoms with Crippen LogP contribution in [0.1, 0.15) is 5.56 Å². The summed E-state index contributed by atoms with van der Waals surface area (Å²) in [6, 6.07) is 79.9. The molecule has 74 heavy (non-hydrogen) atoms. The third-order valence-corrected chi connectivity index (χ3v) is 13.8. The van der Waals surface area contributed by atoms with Gasteiger partial charge in [0.1, 0.15) is 0 Å². The van der Waals surface area contributed by atoms with Gasteiger partial charge in [-0.2, -0.15) is 5.26 Å². The lowest BCUT2D eigenvalue weighted by Crippen LogP contribution is -2.02. The van der Waals surface area contributed by atoms with E-state index in [9.17, 15) is 5.26 Å². The lowest BCUT2D eigenvalue weighted by atomic mass is 9.97. The van der Waals surface area contributed by atoms with E-state index >= 15 is 0 Å². The predicted molar refractivity (Wildman–Crippen MR) is 298 cm³/mol. The Morgan fingerprint density at radius 2 is 0.878 bits per heavy atom. The molecule has 10 aromatic carbocycles. The van der Waals surface area contributed by atoms with E-state index < -0.39 is 0 Å². The van der Waals surface area contributed by atoms with Crippen LogP contribution in [0.4, 0.5) is 11.4 Å². The highest BCUT2D eigenvalue weighted by Gasteiger charge is 2.22. The fourth-order valence-electron chi connectivity index (χ4n) is 10.4. The number of rotatable bonds is 8. The quantitative estimate of drug-likeness (QED) is 0.142. The Labute approximate surface area is 426 Å². The van der Waals surface area contributed by atoms with E-state index in [1.54, 1.807) is 0 Å². The molecule has 0 atom stereocenters. The van der Waals surface area contributed by atoms with Gasteiger partial charge in [-0.25, -0.2) is 24.6 Å². The minimum Gasteiger partial charge on any atom is -0.309 e. The summed E-state index contributed by atoms with van der Waals surface area (Å²) in [4.78, 5) is 23.2. The first kappa shape index (κ1) is 43.3. The molecule has 8 nitrogen and oxygen atoms in total. The van der Waals surface area contributed by atoms with Crippen molar-refractivity contribution in [2.45, 2.75) is 0 Å². The van der Waals surface area contributed by atoms with Crippen LogP contribution in [0, 0.1) is 24.5 Å². The molecular weight excluding hydrogens is 905 g/mol. The Balaban J connectivity index is 1.07. The van der Waals surface area contributed by atoms with Crippen LogP contribution in [-0.2, 0) is 0 Å². The van der Waals surface area contributed by atoms with Gasteiger partial charge in [0.15, 0.2) is 28.8 Å². The van der Waals surface area contributed by atoms with Gasteiger partial charge in [0.2, 0.25) is 0 Å².